The zero-order valence-electron chi connectivity index (χ0n) is 17.5. The summed E-state index contributed by atoms with van der Waals surface area (Å²) in [6.45, 7) is 4.01. The van der Waals surface area contributed by atoms with E-state index in [4.69, 9.17) is 21.3 Å². The van der Waals surface area contributed by atoms with E-state index in [-0.39, 0.29) is 24.4 Å². The third kappa shape index (κ3) is 4.53. The highest BCUT2D eigenvalue weighted by Gasteiger charge is 2.20. The second-order valence-corrected chi connectivity index (χ2v) is 8.20. The van der Waals surface area contributed by atoms with Gasteiger partial charge in [-0.1, -0.05) is 41.9 Å². The van der Waals surface area contributed by atoms with E-state index in [0.717, 1.165) is 39.3 Å². The van der Waals surface area contributed by atoms with Crippen molar-refractivity contribution in [2.45, 2.75) is 32.3 Å². The zero-order chi connectivity index (χ0) is 22.0. The highest BCUT2D eigenvalue weighted by atomic mass is 35.5. The Balaban J connectivity index is 1.78. The lowest BCUT2D eigenvalue weighted by atomic mass is 9.95. The number of H-pyrrole nitrogens is 1. The molecule has 160 valence electrons. The van der Waals surface area contributed by atoms with Crippen molar-refractivity contribution in [2.24, 2.45) is 0 Å². The molecule has 1 heterocycles. The minimum absolute atomic E-state index is 0.0223. The summed E-state index contributed by atoms with van der Waals surface area (Å²) in [6.07, 6.45) is 0.557. The largest absolute Gasteiger partial charge is 0.508 e. The molecule has 0 amide bonds. The van der Waals surface area contributed by atoms with Crippen molar-refractivity contribution in [3.63, 3.8) is 0 Å². The number of phenolic OH excluding ortho intramolecular Hbond substituents is 1. The highest BCUT2D eigenvalue weighted by Crippen LogP contribution is 2.38. The summed E-state index contributed by atoms with van der Waals surface area (Å²) in [4.78, 5) is 8.18. The number of aromatic nitrogens is 2. The van der Waals surface area contributed by atoms with Gasteiger partial charge in [0.05, 0.1) is 22.2 Å². The Kier molecular flexibility index (Phi) is 6.16. The third-order valence-corrected chi connectivity index (χ3v) is 5.48. The fourth-order valence-electron chi connectivity index (χ4n) is 3.76. The van der Waals surface area contributed by atoms with Crippen molar-refractivity contribution in [1.82, 2.24) is 9.97 Å². The summed E-state index contributed by atoms with van der Waals surface area (Å²) in [5.74, 6) is 1.60. The molecule has 0 fully saturated rings. The maximum Gasteiger partial charge on any atom is 0.127 e. The number of rotatable bonds is 7. The summed E-state index contributed by atoms with van der Waals surface area (Å²) >= 11 is 6.66. The molecule has 31 heavy (non-hydrogen) atoms. The van der Waals surface area contributed by atoms with E-state index >= 15 is 0 Å². The fourth-order valence-corrected chi connectivity index (χ4v) is 4.03. The number of phenols is 1. The molecule has 6 heteroatoms. The summed E-state index contributed by atoms with van der Waals surface area (Å²) < 4.78 is 5.97. The van der Waals surface area contributed by atoms with Gasteiger partial charge in [-0.2, -0.15) is 0 Å². The van der Waals surface area contributed by atoms with Crippen molar-refractivity contribution < 1.29 is 14.9 Å². The molecule has 0 saturated carbocycles. The average Bonchev–Trinajstić information content (AvgIpc) is 3.14. The smallest absolute Gasteiger partial charge is 0.127 e. The van der Waals surface area contributed by atoms with E-state index < -0.39 is 0 Å². The van der Waals surface area contributed by atoms with Gasteiger partial charge in [0.2, 0.25) is 0 Å². The molecule has 5 nitrogen and oxygen atoms in total. The molecular formula is C25H25ClN2O3. The summed E-state index contributed by atoms with van der Waals surface area (Å²) in [6, 6.07) is 18.7. The first-order valence-corrected chi connectivity index (χ1v) is 10.7. The van der Waals surface area contributed by atoms with Crippen LogP contribution in [-0.4, -0.2) is 32.9 Å². The number of benzene rings is 3. The van der Waals surface area contributed by atoms with Crippen LogP contribution in [0.4, 0.5) is 0 Å². The van der Waals surface area contributed by atoms with Gasteiger partial charge in [0.1, 0.15) is 17.3 Å². The number of ether oxygens (including phenoxy) is 1. The molecule has 1 aromatic heterocycles. The van der Waals surface area contributed by atoms with Crippen LogP contribution in [-0.2, 0) is 0 Å². The van der Waals surface area contributed by atoms with Gasteiger partial charge in [0.25, 0.3) is 0 Å². The standard InChI is InChI=1S/C25H25ClN2O3/c1-15(2)31-24-6-4-3-5-19(24)20-13-22-23(14-21(20)26)28-25(27-22)18(11-12-29)16-7-9-17(30)10-8-16/h3-10,13-15,18,29-30H,11-12H2,1-2H3,(H,27,28). The van der Waals surface area contributed by atoms with Gasteiger partial charge in [-0.25, -0.2) is 4.98 Å². The van der Waals surface area contributed by atoms with Crippen LogP contribution in [0.1, 0.15) is 37.6 Å². The van der Waals surface area contributed by atoms with E-state index in [0.29, 0.717) is 11.4 Å². The normalized spacial score (nSPS) is 12.4. The van der Waals surface area contributed by atoms with Crippen LogP contribution in [0.15, 0.2) is 60.7 Å². The lowest BCUT2D eigenvalue weighted by Gasteiger charge is -2.15. The lowest BCUT2D eigenvalue weighted by molar-refractivity contribution is 0.243. The molecule has 1 atom stereocenters. The monoisotopic (exact) mass is 436 g/mol. The van der Waals surface area contributed by atoms with Crippen LogP contribution in [0.5, 0.6) is 11.5 Å². The molecule has 0 aliphatic carbocycles. The molecule has 0 saturated heterocycles. The van der Waals surface area contributed by atoms with Crippen LogP contribution >= 0.6 is 11.6 Å². The topological polar surface area (TPSA) is 78.4 Å². The Bertz CT molecular complexity index is 1190. The number of aromatic amines is 1. The van der Waals surface area contributed by atoms with Crippen LogP contribution in [0.25, 0.3) is 22.2 Å². The zero-order valence-corrected chi connectivity index (χ0v) is 18.2. The Morgan fingerprint density at radius 1 is 1.03 bits per heavy atom. The summed E-state index contributed by atoms with van der Waals surface area (Å²) in [7, 11) is 0. The molecular weight excluding hydrogens is 412 g/mol. The quantitative estimate of drug-likeness (QED) is 0.337. The number of aliphatic hydroxyl groups excluding tert-OH is 1. The van der Waals surface area contributed by atoms with Crippen molar-refractivity contribution in [2.75, 3.05) is 6.61 Å². The minimum atomic E-state index is -0.128. The van der Waals surface area contributed by atoms with Crippen molar-refractivity contribution in [3.05, 3.63) is 77.1 Å². The summed E-state index contributed by atoms with van der Waals surface area (Å²) in [5, 5.41) is 19.8. The second-order valence-electron chi connectivity index (χ2n) is 7.79. The van der Waals surface area contributed by atoms with Gasteiger partial charge in [-0.05, 0) is 56.2 Å². The van der Waals surface area contributed by atoms with Gasteiger partial charge >= 0.3 is 0 Å². The number of hydrogen-bond acceptors (Lipinski definition) is 4. The van der Waals surface area contributed by atoms with E-state index in [1.807, 2.05) is 62.4 Å². The number of para-hydroxylation sites is 1. The number of halogens is 1. The number of imidazole rings is 1. The second kappa shape index (κ2) is 9.00. The molecule has 0 aliphatic heterocycles. The maximum atomic E-state index is 9.60. The van der Waals surface area contributed by atoms with Crippen LogP contribution < -0.4 is 4.74 Å². The molecule has 0 spiro atoms. The highest BCUT2D eigenvalue weighted by molar-refractivity contribution is 6.34. The van der Waals surface area contributed by atoms with E-state index in [1.54, 1.807) is 12.1 Å². The predicted molar refractivity (Wildman–Crippen MR) is 124 cm³/mol. The molecule has 1 unspecified atom stereocenters. The molecule has 4 aromatic rings. The Morgan fingerprint density at radius 3 is 2.48 bits per heavy atom. The van der Waals surface area contributed by atoms with Gasteiger partial charge in [0, 0.05) is 23.7 Å². The van der Waals surface area contributed by atoms with Crippen LogP contribution in [0, 0.1) is 0 Å². The van der Waals surface area contributed by atoms with Gasteiger partial charge in [0.15, 0.2) is 0 Å². The Labute approximate surface area is 186 Å². The van der Waals surface area contributed by atoms with Crippen LogP contribution in [0.2, 0.25) is 5.02 Å². The van der Waals surface area contributed by atoms with Crippen molar-refractivity contribution in [1.29, 1.82) is 0 Å². The summed E-state index contributed by atoms with van der Waals surface area (Å²) in [5.41, 5.74) is 4.35. The molecule has 0 bridgehead atoms. The lowest BCUT2D eigenvalue weighted by Crippen LogP contribution is -2.06. The van der Waals surface area contributed by atoms with Gasteiger partial charge in [-0.3, -0.25) is 0 Å². The van der Waals surface area contributed by atoms with Crippen molar-refractivity contribution >= 4 is 22.6 Å². The van der Waals surface area contributed by atoms with E-state index in [9.17, 15) is 10.2 Å². The number of hydrogen-bond donors (Lipinski definition) is 3. The molecule has 4 rings (SSSR count). The maximum absolute atomic E-state index is 9.60. The number of nitrogens with one attached hydrogen (secondary N) is 1. The molecule has 3 aromatic carbocycles. The minimum Gasteiger partial charge on any atom is -0.508 e. The average molecular weight is 437 g/mol. The first kappa shape index (κ1) is 21.2. The molecule has 0 radical (unpaired) electrons. The fraction of sp³-hybridized carbons (Fsp3) is 0.240. The van der Waals surface area contributed by atoms with Crippen LogP contribution in [0.3, 0.4) is 0 Å². The number of fused-ring (bicyclic) bond motifs is 1. The number of aliphatic hydroxyl groups is 1. The van der Waals surface area contributed by atoms with Gasteiger partial charge < -0.3 is 19.9 Å². The predicted octanol–water partition coefficient (Wildman–Crippen LogP) is 5.89. The Morgan fingerprint density at radius 2 is 1.77 bits per heavy atom. The Hall–Kier alpha value is -3.02. The molecule has 3 N–H and O–H groups in total. The third-order valence-electron chi connectivity index (χ3n) is 5.17. The number of aromatic hydroxyl groups is 1. The van der Waals surface area contributed by atoms with E-state index in [1.165, 1.54) is 0 Å². The van der Waals surface area contributed by atoms with E-state index in [2.05, 4.69) is 4.98 Å². The number of nitrogens with zero attached hydrogens (tertiary/aromatic N) is 1. The first-order valence-electron chi connectivity index (χ1n) is 10.3. The van der Waals surface area contributed by atoms with Gasteiger partial charge in [-0.15, -0.1) is 0 Å². The first-order chi connectivity index (χ1) is 15.0. The molecule has 0 aliphatic rings. The van der Waals surface area contributed by atoms with Crippen molar-refractivity contribution in [3.8, 4) is 22.6 Å². The SMILES string of the molecule is CC(C)Oc1ccccc1-c1cc2nc(C(CCO)c3ccc(O)cc3)[nH]c2cc1Cl.